The summed E-state index contributed by atoms with van der Waals surface area (Å²) in [4.78, 5) is 14.6. The van der Waals surface area contributed by atoms with Crippen molar-refractivity contribution in [3.63, 3.8) is 0 Å². The number of rotatable bonds is 3. The third-order valence-electron chi connectivity index (χ3n) is 1.77. The van der Waals surface area contributed by atoms with Gasteiger partial charge in [-0.3, -0.25) is 9.78 Å². The molecule has 0 saturated carbocycles. The number of halogens is 1. The normalized spacial score (nSPS) is 10.3. The van der Waals surface area contributed by atoms with E-state index in [-0.39, 0.29) is 6.54 Å². The van der Waals surface area contributed by atoms with Crippen LogP contribution in [0.4, 0.5) is 0 Å². The van der Waals surface area contributed by atoms with Gasteiger partial charge in [-0.15, -0.1) is 5.10 Å². The summed E-state index contributed by atoms with van der Waals surface area (Å²) in [6.45, 7) is -0.292. The zero-order chi connectivity index (χ0) is 11.5. The van der Waals surface area contributed by atoms with Crippen LogP contribution < -0.4 is 0 Å². The zero-order valence-electron chi connectivity index (χ0n) is 7.91. The first-order valence-corrected chi connectivity index (χ1v) is 5.06. The number of carboxylic acid groups (broad SMARTS) is 1. The first kappa shape index (κ1) is 10.7. The number of aromatic nitrogens is 5. The standard InChI is InChI=1S/C8H6BrN5O2/c9-5-1-2-6(10-3-5)8-11-12-13-14(8)4-7(15)16/h1-3H,4H2,(H,15,16). The molecule has 2 aromatic heterocycles. The van der Waals surface area contributed by atoms with Gasteiger partial charge in [0, 0.05) is 10.7 Å². The van der Waals surface area contributed by atoms with Crippen molar-refractivity contribution in [3.05, 3.63) is 22.8 Å². The Balaban J connectivity index is 2.36. The maximum Gasteiger partial charge on any atom is 0.325 e. The monoisotopic (exact) mass is 283 g/mol. The van der Waals surface area contributed by atoms with Gasteiger partial charge in [0.15, 0.2) is 0 Å². The lowest BCUT2D eigenvalue weighted by atomic mass is 10.3. The molecule has 0 bridgehead atoms. The molecule has 0 radical (unpaired) electrons. The SMILES string of the molecule is O=C(O)Cn1nnnc1-c1ccc(Br)cn1. The summed E-state index contributed by atoms with van der Waals surface area (Å²) in [5, 5.41) is 19.4. The van der Waals surface area contributed by atoms with Gasteiger partial charge in [0.05, 0.1) is 0 Å². The highest BCUT2D eigenvalue weighted by atomic mass is 79.9. The number of aliphatic carboxylic acids is 1. The molecule has 16 heavy (non-hydrogen) atoms. The van der Waals surface area contributed by atoms with Crippen LogP contribution in [-0.4, -0.2) is 36.3 Å². The smallest absolute Gasteiger partial charge is 0.325 e. The second-order valence-corrected chi connectivity index (χ2v) is 3.83. The average molecular weight is 284 g/mol. The minimum absolute atomic E-state index is 0.292. The summed E-state index contributed by atoms with van der Waals surface area (Å²) in [7, 11) is 0. The van der Waals surface area contributed by atoms with Crippen molar-refractivity contribution in [2.24, 2.45) is 0 Å². The number of hydrogen-bond acceptors (Lipinski definition) is 5. The maximum absolute atomic E-state index is 10.6. The van der Waals surface area contributed by atoms with Crippen molar-refractivity contribution in [1.29, 1.82) is 0 Å². The lowest BCUT2D eigenvalue weighted by molar-refractivity contribution is -0.137. The van der Waals surface area contributed by atoms with Crippen LogP contribution in [0.1, 0.15) is 0 Å². The van der Waals surface area contributed by atoms with Gasteiger partial charge in [0.2, 0.25) is 5.82 Å². The van der Waals surface area contributed by atoms with Gasteiger partial charge in [-0.1, -0.05) is 0 Å². The molecular weight excluding hydrogens is 278 g/mol. The Labute approximate surface area is 98.2 Å². The molecule has 2 aromatic rings. The highest BCUT2D eigenvalue weighted by Gasteiger charge is 2.12. The van der Waals surface area contributed by atoms with E-state index in [4.69, 9.17) is 5.11 Å². The Hall–Kier alpha value is -1.83. The molecule has 0 aliphatic heterocycles. The largest absolute Gasteiger partial charge is 0.480 e. The number of tetrazole rings is 1. The molecule has 7 nitrogen and oxygen atoms in total. The van der Waals surface area contributed by atoms with Gasteiger partial charge in [-0.25, -0.2) is 4.68 Å². The molecule has 0 aliphatic rings. The zero-order valence-corrected chi connectivity index (χ0v) is 9.49. The predicted octanol–water partition coefficient (Wildman–Crippen LogP) is 0.582. The molecule has 0 aliphatic carbocycles. The lowest BCUT2D eigenvalue weighted by Gasteiger charge is -2.00. The van der Waals surface area contributed by atoms with E-state index in [0.717, 1.165) is 4.47 Å². The highest BCUT2D eigenvalue weighted by Crippen LogP contribution is 2.15. The maximum atomic E-state index is 10.6. The minimum Gasteiger partial charge on any atom is -0.480 e. The quantitative estimate of drug-likeness (QED) is 0.886. The molecule has 82 valence electrons. The number of hydrogen-bond donors (Lipinski definition) is 1. The Morgan fingerprint density at radius 2 is 2.31 bits per heavy atom. The molecule has 0 amide bonds. The molecule has 0 fully saturated rings. The second-order valence-electron chi connectivity index (χ2n) is 2.92. The van der Waals surface area contributed by atoms with Crippen molar-refractivity contribution in [2.45, 2.75) is 6.54 Å². The van der Waals surface area contributed by atoms with E-state index in [1.165, 1.54) is 4.68 Å². The van der Waals surface area contributed by atoms with E-state index in [9.17, 15) is 4.79 Å². The summed E-state index contributed by atoms with van der Waals surface area (Å²) in [5.74, 6) is -0.680. The van der Waals surface area contributed by atoms with Gasteiger partial charge in [0.25, 0.3) is 0 Å². The van der Waals surface area contributed by atoms with E-state index in [2.05, 4.69) is 36.4 Å². The summed E-state index contributed by atoms with van der Waals surface area (Å²) in [6.07, 6.45) is 1.59. The van der Waals surface area contributed by atoms with E-state index in [1.54, 1.807) is 18.3 Å². The lowest BCUT2D eigenvalue weighted by Crippen LogP contribution is -2.12. The van der Waals surface area contributed by atoms with Crippen molar-refractivity contribution in [2.75, 3.05) is 0 Å². The molecule has 2 rings (SSSR count). The second kappa shape index (κ2) is 4.35. The molecule has 0 unspecified atom stereocenters. The molecule has 8 heteroatoms. The summed E-state index contributed by atoms with van der Waals surface area (Å²) >= 11 is 3.25. The Kier molecular flexibility index (Phi) is 2.91. The Morgan fingerprint density at radius 1 is 1.50 bits per heavy atom. The van der Waals surface area contributed by atoms with Gasteiger partial charge >= 0.3 is 5.97 Å². The van der Waals surface area contributed by atoms with Crippen LogP contribution >= 0.6 is 15.9 Å². The Morgan fingerprint density at radius 3 is 2.94 bits per heavy atom. The first-order chi connectivity index (χ1) is 7.66. The van der Waals surface area contributed by atoms with Crippen molar-refractivity contribution < 1.29 is 9.90 Å². The predicted molar refractivity (Wildman–Crippen MR) is 56.4 cm³/mol. The van der Waals surface area contributed by atoms with Gasteiger partial charge < -0.3 is 5.11 Å². The first-order valence-electron chi connectivity index (χ1n) is 4.26. The summed E-state index contributed by atoms with van der Waals surface area (Å²) in [5.41, 5.74) is 0.523. The van der Waals surface area contributed by atoms with Crippen molar-refractivity contribution >= 4 is 21.9 Å². The number of carbonyl (C=O) groups is 1. The van der Waals surface area contributed by atoms with Crippen LogP contribution in [0.2, 0.25) is 0 Å². The van der Waals surface area contributed by atoms with Crippen molar-refractivity contribution in [3.8, 4) is 11.5 Å². The molecule has 0 saturated heterocycles. The van der Waals surface area contributed by atoms with E-state index >= 15 is 0 Å². The molecule has 2 heterocycles. The molecule has 0 atom stereocenters. The van der Waals surface area contributed by atoms with Crippen LogP contribution in [0.3, 0.4) is 0 Å². The third kappa shape index (κ3) is 2.22. The highest BCUT2D eigenvalue weighted by molar-refractivity contribution is 9.10. The van der Waals surface area contributed by atoms with E-state index in [1.807, 2.05) is 0 Å². The van der Waals surface area contributed by atoms with Crippen LogP contribution in [0.25, 0.3) is 11.5 Å². The Bertz CT molecular complexity index is 509. The van der Waals surface area contributed by atoms with Crippen LogP contribution in [0.15, 0.2) is 22.8 Å². The van der Waals surface area contributed by atoms with E-state index < -0.39 is 5.97 Å². The molecular formula is C8H6BrN5O2. The fourth-order valence-electron chi connectivity index (χ4n) is 1.13. The average Bonchev–Trinajstić information content (AvgIpc) is 2.66. The third-order valence-corrected chi connectivity index (χ3v) is 2.24. The molecule has 1 N–H and O–H groups in total. The van der Waals surface area contributed by atoms with Crippen molar-refractivity contribution in [1.82, 2.24) is 25.2 Å². The fraction of sp³-hybridized carbons (Fsp3) is 0.125. The van der Waals surface area contributed by atoms with Crippen LogP contribution in [0.5, 0.6) is 0 Å². The summed E-state index contributed by atoms with van der Waals surface area (Å²) in [6, 6.07) is 3.48. The van der Waals surface area contributed by atoms with Crippen LogP contribution in [-0.2, 0) is 11.3 Å². The topological polar surface area (TPSA) is 93.8 Å². The number of pyridine rings is 1. The van der Waals surface area contributed by atoms with Gasteiger partial charge in [-0.05, 0) is 38.5 Å². The number of nitrogens with zero attached hydrogens (tertiary/aromatic N) is 5. The fourth-order valence-corrected chi connectivity index (χ4v) is 1.37. The van der Waals surface area contributed by atoms with Gasteiger partial charge in [-0.2, -0.15) is 0 Å². The minimum atomic E-state index is -1.01. The molecule has 0 aromatic carbocycles. The van der Waals surface area contributed by atoms with E-state index in [0.29, 0.717) is 11.5 Å². The van der Waals surface area contributed by atoms with Gasteiger partial charge in [0.1, 0.15) is 12.2 Å². The van der Waals surface area contributed by atoms with Crippen LogP contribution in [0, 0.1) is 0 Å². The summed E-state index contributed by atoms with van der Waals surface area (Å²) < 4.78 is 2.01. The number of carboxylic acids is 1. The molecule has 0 spiro atoms.